The Morgan fingerprint density at radius 1 is 0.480 bits per heavy atom. The summed E-state index contributed by atoms with van der Waals surface area (Å²) >= 11 is 0. The van der Waals surface area contributed by atoms with Crippen LogP contribution in [0.2, 0.25) is 58.9 Å². The molecule has 0 spiro atoms. The third kappa shape index (κ3) is 6.05. The van der Waals surface area contributed by atoms with Crippen LogP contribution in [0.15, 0.2) is 30.3 Å². The maximum absolute atomic E-state index is 6.69. The molecule has 1 aromatic carbocycles. The lowest BCUT2D eigenvalue weighted by molar-refractivity contribution is 0.242. The Bertz CT molecular complexity index is 576. The lowest BCUT2D eigenvalue weighted by atomic mass is 10.4. The van der Waals surface area contributed by atoms with Crippen LogP contribution in [0.1, 0.15) is 0 Å². The molecule has 1 heterocycles. The highest BCUT2D eigenvalue weighted by Gasteiger charge is 2.53. The van der Waals surface area contributed by atoms with Crippen molar-refractivity contribution < 1.29 is 20.6 Å². The summed E-state index contributed by atoms with van der Waals surface area (Å²) in [4.78, 5) is 0. The summed E-state index contributed by atoms with van der Waals surface area (Å²) in [6.07, 6.45) is 0. The minimum absolute atomic E-state index is 1.11. The quantitative estimate of drug-likeness (QED) is 0.630. The van der Waals surface area contributed by atoms with Gasteiger partial charge in [-0.1, -0.05) is 30.3 Å². The van der Waals surface area contributed by atoms with Crippen molar-refractivity contribution in [3.63, 3.8) is 0 Å². The van der Waals surface area contributed by atoms with Crippen molar-refractivity contribution in [2.24, 2.45) is 0 Å². The van der Waals surface area contributed by atoms with Crippen molar-refractivity contribution in [3.05, 3.63) is 30.3 Å². The van der Waals surface area contributed by atoms with E-state index >= 15 is 0 Å². The molecule has 2 rings (SSSR count). The van der Waals surface area contributed by atoms with Gasteiger partial charge in [-0.05, 0) is 64.1 Å². The van der Waals surface area contributed by atoms with Gasteiger partial charge in [-0.25, -0.2) is 0 Å². The van der Waals surface area contributed by atoms with Crippen LogP contribution in [0.25, 0.3) is 0 Å². The number of hydrogen-bond acceptors (Lipinski definition) is 5. The summed E-state index contributed by atoms with van der Waals surface area (Å²) in [6.45, 7) is 18.8. The topological polar surface area (TPSA) is 46.2 Å². The van der Waals surface area contributed by atoms with E-state index in [1.807, 2.05) is 18.2 Å². The smallest absolute Gasteiger partial charge is 0.351 e. The molecule has 0 atom stereocenters. The highest BCUT2D eigenvalue weighted by molar-refractivity contribution is 6.96. The molecule has 0 aromatic heterocycles. The van der Waals surface area contributed by atoms with E-state index < -0.39 is 42.8 Å². The molecule has 5 nitrogen and oxygen atoms in total. The summed E-state index contributed by atoms with van der Waals surface area (Å²) in [5.41, 5.74) is 0. The first-order chi connectivity index (χ1) is 11.1. The highest BCUT2D eigenvalue weighted by atomic mass is 28.5. The molecule has 1 saturated heterocycles. The van der Waals surface area contributed by atoms with Gasteiger partial charge in [0.05, 0.1) is 0 Å². The van der Waals surface area contributed by atoms with Gasteiger partial charge in [0.2, 0.25) is 0 Å². The maximum atomic E-state index is 6.69. The van der Waals surface area contributed by atoms with Crippen LogP contribution in [0.5, 0.6) is 0 Å². The highest BCUT2D eigenvalue weighted by Crippen LogP contribution is 2.30. The monoisotopic (exact) mass is 432 g/mol. The molecule has 142 valence electrons. The normalized spacial score (nSPS) is 27.4. The van der Waals surface area contributed by atoms with Gasteiger partial charge in [0.15, 0.2) is 0 Å². The van der Waals surface area contributed by atoms with Crippen molar-refractivity contribution in [2.45, 2.75) is 58.9 Å². The maximum Gasteiger partial charge on any atom is 0.351 e. The van der Waals surface area contributed by atoms with Gasteiger partial charge >= 0.3 is 42.8 Å². The van der Waals surface area contributed by atoms with Crippen molar-refractivity contribution >= 4 is 48.0 Å². The zero-order chi connectivity index (χ0) is 19.1. The third-order valence-electron chi connectivity index (χ3n) is 3.65. The molecule has 0 saturated carbocycles. The van der Waals surface area contributed by atoms with E-state index in [0.717, 1.165) is 5.19 Å². The molecule has 0 bridgehead atoms. The Balaban J connectivity index is 2.51. The van der Waals surface area contributed by atoms with Crippen molar-refractivity contribution in [2.75, 3.05) is 0 Å². The fourth-order valence-corrected chi connectivity index (χ4v) is 29.8. The largest absolute Gasteiger partial charge is 0.416 e. The van der Waals surface area contributed by atoms with Gasteiger partial charge in [-0.3, -0.25) is 0 Å². The summed E-state index contributed by atoms with van der Waals surface area (Å²) in [6, 6.07) is 10.3. The average molecular weight is 433 g/mol. The van der Waals surface area contributed by atoms with Gasteiger partial charge in [0, 0.05) is 0 Å². The molecule has 1 aliphatic rings. The molecular formula is C15H32O5Si5. The van der Waals surface area contributed by atoms with Gasteiger partial charge < -0.3 is 20.6 Å². The number of benzene rings is 1. The molecule has 25 heavy (non-hydrogen) atoms. The van der Waals surface area contributed by atoms with Crippen LogP contribution >= 0.6 is 0 Å². The molecule has 0 unspecified atom stereocenters. The summed E-state index contributed by atoms with van der Waals surface area (Å²) in [5, 5.41) is 1.11. The van der Waals surface area contributed by atoms with E-state index in [1.54, 1.807) is 0 Å². The minimum Gasteiger partial charge on any atom is -0.416 e. The molecule has 1 fully saturated rings. The molecule has 0 radical (unpaired) electrons. The van der Waals surface area contributed by atoms with E-state index in [-0.39, 0.29) is 0 Å². The standard InChI is InChI=1S/C15H32O5Si5/c1-21(2)16-22(3,4)18-24(7,8)20-25(9,19-23(5,6)17-21)15-13-11-10-12-14-15/h10-14H,1-9H3. The SMILES string of the molecule is C[Si]1(C)O[Si](C)(C)O[Si](C)(C)O[Si](C)(c2ccccc2)O[Si](C)(C)O1. The fraction of sp³-hybridized carbons (Fsp3) is 0.600. The zero-order valence-corrected chi connectivity index (χ0v) is 21.9. The van der Waals surface area contributed by atoms with Crippen LogP contribution in [0.4, 0.5) is 0 Å². The van der Waals surface area contributed by atoms with Crippen LogP contribution in [0, 0.1) is 0 Å². The summed E-state index contributed by atoms with van der Waals surface area (Å²) in [7, 11) is -12.3. The van der Waals surface area contributed by atoms with E-state index in [1.165, 1.54) is 0 Å². The molecule has 1 aromatic rings. The molecule has 0 N–H and O–H groups in total. The van der Waals surface area contributed by atoms with Crippen LogP contribution in [0.3, 0.4) is 0 Å². The first kappa shape index (κ1) is 21.4. The van der Waals surface area contributed by atoms with E-state index in [2.05, 4.69) is 71.1 Å². The van der Waals surface area contributed by atoms with Crippen molar-refractivity contribution in [1.82, 2.24) is 0 Å². The predicted octanol–water partition coefficient (Wildman–Crippen LogP) is 3.87. The Labute approximate surface area is 157 Å². The summed E-state index contributed by atoms with van der Waals surface area (Å²) < 4.78 is 32.7. The lowest BCUT2D eigenvalue weighted by Crippen LogP contribution is -2.68. The van der Waals surface area contributed by atoms with Crippen LogP contribution < -0.4 is 5.19 Å². The van der Waals surface area contributed by atoms with Crippen molar-refractivity contribution in [3.8, 4) is 0 Å². The van der Waals surface area contributed by atoms with Gasteiger partial charge in [-0.15, -0.1) is 0 Å². The van der Waals surface area contributed by atoms with E-state index in [4.69, 9.17) is 20.6 Å². The van der Waals surface area contributed by atoms with E-state index in [9.17, 15) is 0 Å². The molecule has 0 amide bonds. The molecular weight excluding hydrogens is 401 g/mol. The lowest BCUT2D eigenvalue weighted by Gasteiger charge is -2.47. The predicted molar refractivity (Wildman–Crippen MR) is 113 cm³/mol. The van der Waals surface area contributed by atoms with Crippen molar-refractivity contribution in [1.29, 1.82) is 0 Å². The number of rotatable bonds is 1. The Kier molecular flexibility index (Phi) is 5.93. The zero-order valence-electron chi connectivity index (χ0n) is 16.9. The van der Waals surface area contributed by atoms with Gasteiger partial charge in [0.25, 0.3) is 0 Å². The first-order valence-electron chi connectivity index (χ1n) is 8.70. The van der Waals surface area contributed by atoms with E-state index in [0.29, 0.717) is 0 Å². The second-order valence-electron chi connectivity index (χ2n) is 8.42. The fourth-order valence-electron chi connectivity index (χ4n) is 3.68. The second kappa shape index (κ2) is 6.93. The minimum atomic E-state index is -2.68. The molecule has 0 aliphatic carbocycles. The average Bonchev–Trinajstić information content (AvgIpc) is 2.32. The second-order valence-corrected chi connectivity index (χ2v) is 26.2. The Hall–Kier alpha value is 0.104. The molecule has 10 heteroatoms. The van der Waals surface area contributed by atoms with Crippen LogP contribution in [-0.4, -0.2) is 42.8 Å². The van der Waals surface area contributed by atoms with Gasteiger partial charge in [0.1, 0.15) is 0 Å². The van der Waals surface area contributed by atoms with Gasteiger partial charge in [-0.2, -0.15) is 0 Å². The number of hydrogen-bond donors (Lipinski definition) is 0. The van der Waals surface area contributed by atoms with Crippen LogP contribution in [-0.2, 0) is 20.6 Å². The summed E-state index contributed by atoms with van der Waals surface area (Å²) in [5.74, 6) is 0. The Morgan fingerprint density at radius 2 is 0.800 bits per heavy atom. The first-order valence-corrected chi connectivity index (χ1v) is 22.3. The third-order valence-corrected chi connectivity index (χ3v) is 23.9. The molecule has 1 aliphatic heterocycles. The Morgan fingerprint density at radius 3 is 1.16 bits per heavy atom.